The molecule has 0 saturated carbocycles. The number of nitrogens with two attached hydrogens (primary N) is 2. The molecule has 0 atom stereocenters. The van der Waals surface area contributed by atoms with Crippen molar-refractivity contribution in [1.82, 2.24) is 38.7 Å². The fraction of sp³-hybridized carbons (Fsp3) is 0.333. The molecule has 0 spiro atoms. The molecule has 0 unspecified atom stereocenters. The Morgan fingerprint density at radius 2 is 1.38 bits per heavy atom. The van der Waals surface area contributed by atoms with Crippen molar-refractivity contribution in [3.63, 3.8) is 0 Å². The summed E-state index contributed by atoms with van der Waals surface area (Å²) in [4.78, 5) is 60.6. The number of carbonyl (C=O) groups excluding carboxylic acids is 4. The number of carbonyl (C=O) groups is 4. The first-order valence-corrected chi connectivity index (χ1v) is 17.0. The van der Waals surface area contributed by atoms with E-state index in [1.165, 1.54) is 7.11 Å². The van der Waals surface area contributed by atoms with Crippen LogP contribution >= 0.6 is 0 Å². The zero-order valence-electron chi connectivity index (χ0n) is 29.8. The minimum absolute atomic E-state index is 0.0290. The number of amides is 3. The summed E-state index contributed by atoms with van der Waals surface area (Å²) in [6.07, 6.45) is 1.27. The highest BCUT2D eigenvalue weighted by Gasteiger charge is 2.23. The number of anilines is 1. The molecule has 16 heteroatoms. The van der Waals surface area contributed by atoms with Gasteiger partial charge < -0.3 is 25.3 Å². The van der Waals surface area contributed by atoms with Crippen LogP contribution < -0.4 is 21.5 Å². The highest BCUT2D eigenvalue weighted by atomic mass is 16.5. The van der Waals surface area contributed by atoms with E-state index in [2.05, 4.69) is 15.5 Å². The van der Waals surface area contributed by atoms with Gasteiger partial charge >= 0.3 is 0 Å². The lowest BCUT2D eigenvalue weighted by Crippen LogP contribution is -2.20. The SMILES string of the molecule is CCn1nc(C)cc1C(=O)Cc1nc2cc(C(N)=O)ccc2n1CCCCn1c(NC(=O)c2cc(C)nn2CC)nc2cc(C(N)=O)cc(OC)c21. The highest BCUT2D eigenvalue weighted by Crippen LogP contribution is 2.31. The summed E-state index contributed by atoms with van der Waals surface area (Å²) in [7, 11) is 1.49. The van der Waals surface area contributed by atoms with Gasteiger partial charge in [-0.2, -0.15) is 10.2 Å². The molecule has 0 fully saturated rings. The first-order chi connectivity index (χ1) is 24.9. The first-order valence-electron chi connectivity index (χ1n) is 17.0. The van der Waals surface area contributed by atoms with Crippen molar-refractivity contribution in [2.45, 2.75) is 73.1 Å². The van der Waals surface area contributed by atoms with Crippen molar-refractivity contribution in [2.24, 2.45) is 11.5 Å². The molecule has 0 aliphatic rings. The number of hydrogen-bond donors (Lipinski definition) is 3. The van der Waals surface area contributed by atoms with Gasteiger partial charge in [0, 0.05) is 37.3 Å². The van der Waals surface area contributed by atoms with Crippen LogP contribution in [-0.4, -0.2) is 69.3 Å². The molecule has 270 valence electrons. The van der Waals surface area contributed by atoms with Gasteiger partial charge in [-0.15, -0.1) is 0 Å². The molecule has 3 amide bonds. The predicted molar refractivity (Wildman–Crippen MR) is 194 cm³/mol. The van der Waals surface area contributed by atoms with Crippen molar-refractivity contribution in [3.8, 4) is 5.75 Å². The van der Waals surface area contributed by atoms with E-state index >= 15 is 0 Å². The number of methoxy groups -OCH3 is 1. The van der Waals surface area contributed by atoms with Crippen LogP contribution in [-0.2, 0) is 32.6 Å². The second kappa shape index (κ2) is 14.5. The van der Waals surface area contributed by atoms with Crippen molar-refractivity contribution in [3.05, 3.63) is 82.2 Å². The van der Waals surface area contributed by atoms with Gasteiger partial charge in [-0.05, 0) is 83.0 Å². The number of benzene rings is 2. The second-order valence-corrected chi connectivity index (χ2v) is 12.5. The normalized spacial score (nSPS) is 11.4. The summed E-state index contributed by atoms with van der Waals surface area (Å²) in [6, 6.07) is 11.7. The number of nitrogens with one attached hydrogen (secondary N) is 1. The third-order valence-electron chi connectivity index (χ3n) is 8.90. The Morgan fingerprint density at radius 1 is 0.769 bits per heavy atom. The van der Waals surface area contributed by atoms with Gasteiger partial charge in [-0.25, -0.2) is 9.97 Å². The van der Waals surface area contributed by atoms with E-state index in [0.717, 1.165) is 11.2 Å². The van der Waals surface area contributed by atoms with Crippen LogP contribution in [0.15, 0.2) is 42.5 Å². The number of primary amides is 2. The van der Waals surface area contributed by atoms with E-state index < -0.39 is 11.8 Å². The van der Waals surface area contributed by atoms with Gasteiger partial charge in [0.15, 0.2) is 5.78 Å². The maximum absolute atomic E-state index is 13.5. The number of aryl methyl sites for hydroxylation is 6. The summed E-state index contributed by atoms with van der Waals surface area (Å²) in [5.74, 6) is -0.526. The summed E-state index contributed by atoms with van der Waals surface area (Å²) < 4.78 is 12.8. The Morgan fingerprint density at radius 3 is 2.02 bits per heavy atom. The third-order valence-corrected chi connectivity index (χ3v) is 8.90. The summed E-state index contributed by atoms with van der Waals surface area (Å²) >= 11 is 0. The molecule has 0 bridgehead atoms. The summed E-state index contributed by atoms with van der Waals surface area (Å²) in [5.41, 5.74) is 16.4. The molecule has 0 radical (unpaired) electrons. The predicted octanol–water partition coefficient (Wildman–Crippen LogP) is 3.80. The van der Waals surface area contributed by atoms with Gasteiger partial charge in [0.25, 0.3) is 5.91 Å². The maximum atomic E-state index is 13.5. The van der Waals surface area contributed by atoms with E-state index in [4.69, 9.17) is 26.2 Å². The van der Waals surface area contributed by atoms with E-state index in [0.29, 0.717) is 89.8 Å². The summed E-state index contributed by atoms with van der Waals surface area (Å²) in [5, 5.41) is 11.7. The zero-order chi connectivity index (χ0) is 37.3. The number of ketones is 1. The van der Waals surface area contributed by atoms with E-state index in [-0.39, 0.29) is 29.6 Å². The number of unbranched alkanes of at least 4 members (excludes halogenated alkanes) is 1. The summed E-state index contributed by atoms with van der Waals surface area (Å²) in [6.45, 7) is 9.45. The number of ether oxygens (including phenoxy) is 1. The van der Waals surface area contributed by atoms with Crippen LogP contribution in [0, 0.1) is 13.8 Å². The quantitative estimate of drug-likeness (QED) is 0.104. The van der Waals surface area contributed by atoms with Crippen LogP contribution in [0.5, 0.6) is 5.75 Å². The Bertz CT molecular complexity index is 2360. The monoisotopic (exact) mass is 707 g/mol. The van der Waals surface area contributed by atoms with Gasteiger partial charge in [-0.3, -0.25) is 33.9 Å². The standard InChI is InChI=1S/C36H41N11O5/c1-6-46-27(14-20(3)42-46)29(48)19-31-39-24-16-22(33(37)49)10-11-26(24)44(31)12-8-9-13-45-32-25(17-23(34(38)50)18-30(32)52-5)40-36(45)41-35(51)28-15-21(4)43-47(28)7-2/h10-11,14-18H,6-9,12-13,19H2,1-5H3,(H2,37,49)(H2,38,50)(H,40,41,51). The molecule has 0 aliphatic heterocycles. The fourth-order valence-electron chi connectivity index (χ4n) is 6.48. The Hall–Kier alpha value is -6.32. The number of hydrogen-bond acceptors (Lipinski definition) is 9. The van der Waals surface area contributed by atoms with E-state index in [1.807, 2.05) is 36.8 Å². The van der Waals surface area contributed by atoms with Crippen LogP contribution in [0.2, 0.25) is 0 Å². The van der Waals surface area contributed by atoms with Crippen molar-refractivity contribution in [1.29, 1.82) is 0 Å². The minimum Gasteiger partial charge on any atom is -0.494 e. The van der Waals surface area contributed by atoms with Gasteiger partial charge in [-0.1, -0.05) is 0 Å². The molecule has 0 aliphatic carbocycles. The number of fused-ring (bicyclic) bond motifs is 2. The Labute approximate surface area is 298 Å². The van der Waals surface area contributed by atoms with Crippen LogP contribution in [0.25, 0.3) is 22.1 Å². The second-order valence-electron chi connectivity index (χ2n) is 12.5. The minimum atomic E-state index is -0.637. The largest absolute Gasteiger partial charge is 0.494 e. The average Bonchev–Trinajstić information content (AvgIpc) is 3.88. The van der Waals surface area contributed by atoms with Gasteiger partial charge in [0.2, 0.25) is 17.8 Å². The molecular formula is C36H41N11O5. The average molecular weight is 708 g/mol. The van der Waals surface area contributed by atoms with Gasteiger partial charge in [0.1, 0.15) is 28.5 Å². The topological polar surface area (TPSA) is 213 Å². The molecule has 0 saturated heterocycles. The Kier molecular flexibility index (Phi) is 9.90. The molecular weight excluding hydrogens is 666 g/mol. The number of nitrogens with zero attached hydrogens (tertiary/aromatic N) is 8. The van der Waals surface area contributed by atoms with Crippen LogP contribution in [0.4, 0.5) is 5.95 Å². The first kappa shape index (κ1) is 35.5. The highest BCUT2D eigenvalue weighted by molar-refractivity contribution is 6.04. The number of aromatic nitrogens is 8. The van der Waals surface area contributed by atoms with E-state index in [1.54, 1.807) is 51.8 Å². The van der Waals surface area contributed by atoms with Crippen molar-refractivity contribution >= 4 is 51.5 Å². The van der Waals surface area contributed by atoms with Crippen LogP contribution in [0.1, 0.15) is 85.6 Å². The molecule has 16 nitrogen and oxygen atoms in total. The Balaban J connectivity index is 1.31. The lowest BCUT2D eigenvalue weighted by molar-refractivity contribution is 0.0975. The van der Waals surface area contributed by atoms with Crippen molar-refractivity contribution in [2.75, 3.05) is 12.4 Å². The van der Waals surface area contributed by atoms with Crippen LogP contribution in [0.3, 0.4) is 0 Å². The number of rotatable bonds is 15. The molecule has 6 rings (SSSR count). The third kappa shape index (κ3) is 6.86. The smallest absolute Gasteiger partial charge is 0.276 e. The lowest BCUT2D eigenvalue weighted by Gasteiger charge is -2.14. The zero-order valence-corrected chi connectivity index (χ0v) is 29.8. The van der Waals surface area contributed by atoms with Crippen molar-refractivity contribution < 1.29 is 23.9 Å². The molecule has 4 heterocycles. The molecule has 6 aromatic rings. The molecule has 2 aromatic carbocycles. The number of imidazole rings is 2. The van der Waals surface area contributed by atoms with Gasteiger partial charge in [0.05, 0.1) is 41.5 Å². The molecule has 5 N–H and O–H groups in total. The maximum Gasteiger partial charge on any atom is 0.276 e. The fourth-order valence-corrected chi connectivity index (χ4v) is 6.48. The lowest BCUT2D eigenvalue weighted by atomic mass is 10.1. The number of Topliss-reactive ketones (excluding diaryl/α,β-unsaturated/α-hetero) is 1. The molecule has 4 aromatic heterocycles. The molecule has 52 heavy (non-hydrogen) atoms. The van der Waals surface area contributed by atoms with E-state index in [9.17, 15) is 19.2 Å².